The van der Waals surface area contributed by atoms with E-state index in [1.54, 1.807) is 19.1 Å². The van der Waals surface area contributed by atoms with Gasteiger partial charge in [0.2, 0.25) is 5.91 Å². The molecule has 2 aromatic rings. The molecule has 21 heavy (non-hydrogen) atoms. The molecule has 0 aliphatic rings. The molecule has 2 rings (SSSR count). The lowest BCUT2D eigenvalue weighted by Gasteiger charge is -2.16. The largest absolute Gasteiger partial charge is 0.497 e. The van der Waals surface area contributed by atoms with Crippen LogP contribution in [0.5, 0.6) is 17.2 Å². The topological polar surface area (TPSA) is 38.8 Å². The smallest absolute Gasteiger partial charge is 0.226 e. The Morgan fingerprint density at radius 2 is 1.71 bits per heavy atom. The second kappa shape index (κ2) is 6.79. The third kappa shape index (κ3) is 3.75. The van der Waals surface area contributed by atoms with Crippen molar-refractivity contribution in [3.05, 3.63) is 48.5 Å². The zero-order chi connectivity index (χ0) is 15.2. The summed E-state index contributed by atoms with van der Waals surface area (Å²) in [5, 5.41) is 0. The highest BCUT2D eigenvalue weighted by Crippen LogP contribution is 2.26. The Morgan fingerprint density at radius 1 is 1.05 bits per heavy atom. The van der Waals surface area contributed by atoms with E-state index in [0.29, 0.717) is 17.9 Å². The third-order valence-electron chi connectivity index (χ3n) is 3.18. The molecule has 0 heterocycles. The first-order chi connectivity index (χ1) is 10.1. The first kappa shape index (κ1) is 14.9. The average molecular weight is 285 g/mol. The summed E-state index contributed by atoms with van der Waals surface area (Å²) in [6.07, 6.45) is 0.485. The summed E-state index contributed by atoms with van der Waals surface area (Å²) in [6, 6.07) is 14.8. The number of hydrogen-bond acceptors (Lipinski definition) is 3. The molecule has 0 fully saturated rings. The molecule has 0 bridgehead atoms. The fourth-order valence-corrected chi connectivity index (χ4v) is 1.92. The van der Waals surface area contributed by atoms with E-state index in [9.17, 15) is 4.79 Å². The van der Waals surface area contributed by atoms with Gasteiger partial charge in [0.15, 0.2) is 0 Å². The highest BCUT2D eigenvalue weighted by molar-refractivity contribution is 5.92. The molecule has 0 aliphatic heterocycles. The molecule has 0 radical (unpaired) electrons. The lowest BCUT2D eigenvalue weighted by Crippen LogP contribution is -2.24. The minimum absolute atomic E-state index is 0.0801. The number of nitrogens with zero attached hydrogens (tertiary/aromatic N) is 1. The molecular weight excluding hydrogens is 266 g/mol. The SMILES string of the molecule is CCC(=O)N(C)c1ccc(Oc2cccc(OC)c2)cc1. The molecule has 0 aliphatic carbocycles. The van der Waals surface area contributed by atoms with Gasteiger partial charge in [-0.2, -0.15) is 0 Å². The number of anilines is 1. The van der Waals surface area contributed by atoms with Crippen molar-refractivity contribution in [1.29, 1.82) is 0 Å². The van der Waals surface area contributed by atoms with Gasteiger partial charge in [0.25, 0.3) is 0 Å². The van der Waals surface area contributed by atoms with E-state index in [1.807, 2.05) is 55.5 Å². The van der Waals surface area contributed by atoms with Gasteiger partial charge in [0.05, 0.1) is 7.11 Å². The Balaban J connectivity index is 2.10. The molecule has 4 heteroatoms. The molecule has 0 atom stereocenters. The van der Waals surface area contributed by atoms with Crippen LogP contribution in [0.15, 0.2) is 48.5 Å². The zero-order valence-corrected chi connectivity index (χ0v) is 12.5. The molecule has 0 aromatic heterocycles. The number of carbonyl (C=O) groups is 1. The fourth-order valence-electron chi connectivity index (χ4n) is 1.92. The first-order valence-corrected chi connectivity index (χ1v) is 6.82. The molecular formula is C17H19NO3. The van der Waals surface area contributed by atoms with Gasteiger partial charge in [-0.1, -0.05) is 13.0 Å². The van der Waals surface area contributed by atoms with Gasteiger partial charge >= 0.3 is 0 Å². The highest BCUT2D eigenvalue weighted by atomic mass is 16.5. The molecule has 4 nitrogen and oxygen atoms in total. The summed E-state index contributed by atoms with van der Waals surface area (Å²) < 4.78 is 10.9. The number of ether oxygens (including phenoxy) is 2. The Morgan fingerprint density at radius 3 is 2.33 bits per heavy atom. The summed E-state index contributed by atoms with van der Waals surface area (Å²) in [7, 11) is 3.39. The lowest BCUT2D eigenvalue weighted by molar-refractivity contribution is -0.118. The predicted octanol–water partition coefficient (Wildman–Crippen LogP) is 3.86. The quantitative estimate of drug-likeness (QED) is 0.837. The van der Waals surface area contributed by atoms with E-state index < -0.39 is 0 Å². The second-order valence-electron chi connectivity index (χ2n) is 4.58. The van der Waals surface area contributed by atoms with Crippen molar-refractivity contribution in [2.24, 2.45) is 0 Å². The van der Waals surface area contributed by atoms with Crippen LogP contribution in [-0.2, 0) is 4.79 Å². The number of benzene rings is 2. The van der Waals surface area contributed by atoms with Crippen LogP contribution in [0.2, 0.25) is 0 Å². The van der Waals surface area contributed by atoms with E-state index in [4.69, 9.17) is 9.47 Å². The standard InChI is InChI=1S/C17H19NO3/c1-4-17(19)18(2)13-8-10-14(11-9-13)21-16-7-5-6-15(12-16)20-3/h5-12H,4H2,1-3H3. The molecule has 110 valence electrons. The number of amides is 1. The third-order valence-corrected chi connectivity index (χ3v) is 3.18. The summed E-state index contributed by atoms with van der Waals surface area (Å²) in [6.45, 7) is 1.85. The van der Waals surface area contributed by atoms with E-state index in [2.05, 4.69) is 0 Å². The van der Waals surface area contributed by atoms with Crippen molar-refractivity contribution in [1.82, 2.24) is 0 Å². The number of hydrogen-bond donors (Lipinski definition) is 0. The van der Waals surface area contributed by atoms with E-state index >= 15 is 0 Å². The van der Waals surface area contributed by atoms with Gasteiger partial charge < -0.3 is 14.4 Å². The van der Waals surface area contributed by atoms with Crippen molar-refractivity contribution in [3.8, 4) is 17.2 Å². The summed E-state index contributed by atoms with van der Waals surface area (Å²) in [5.41, 5.74) is 0.847. The predicted molar refractivity (Wildman–Crippen MR) is 83.2 cm³/mol. The zero-order valence-electron chi connectivity index (χ0n) is 12.5. The Hall–Kier alpha value is -2.49. The summed E-state index contributed by atoms with van der Waals surface area (Å²) >= 11 is 0. The first-order valence-electron chi connectivity index (χ1n) is 6.82. The van der Waals surface area contributed by atoms with Crippen LogP contribution >= 0.6 is 0 Å². The monoisotopic (exact) mass is 285 g/mol. The Labute approximate surface area is 124 Å². The van der Waals surface area contributed by atoms with Crippen LogP contribution in [-0.4, -0.2) is 20.1 Å². The number of carbonyl (C=O) groups excluding carboxylic acids is 1. The van der Waals surface area contributed by atoms with Gasteiger partial charge in [-0.05, 0) is 36.4 Å². The fraction of sp³-hybridized carbons (Fsp3) is 0.235. The minimum Gasteiger partial charge on any atom is -0.497 e. The van der Waals surface area contributed by atoms with Gasteiger partial charge in [-0.25, -0.2) is 0 Å². The summed E-state index contributed by atoms with van der Waals surface area (Å²) in [4.78, 5) is 13.3. The molecule has 0 N–H and O–H groups in total. The summed E-state index contributed by atoms with van der Waals surface area (Å²) in [5.74, 6) is 2.25. The van der Waals surface area contributed by atoms with Crippen LogP contribution < -0.4 is 14.4 Å². The van der Waals surface area contributed by atoms with Crippen molar-refractivity contribution in [3.63, 3.8) is 0 Å². The average Bonchev–Trinajstić information content (AvgIpc) is 2.54. The minimum atomic E-state index is 0.0801. The van der Waals surface area contributed by atoms with Crippen molar-refractivity contribution in [2.75, 3.05) is 19.1 Å². The van der Waals surface area contributed by atoms with E-state index in [1.165, 1.54) is 0 Å². The second-order valence-corrected chi connectivity index (χ2v) is 4.58. The maximum Gasteiger partial charge on any atom is 0.226 e. The van der Waals surface area contributed by atoms with Crippen LogP contribution in [0.1, 0.15) is 13.3 Å². The molecule has 0 saturated heterocycles. The number of methoxy groups -OCH3 is 1. The van der Waals surface area contributed by atoms with Crippen molar-refractivity contribution >= 4 is 11.6 Å². The molecule has 0 saturated carbocycles. The van der Waals surface area contributed by atoms with Crippen LogP contribution in [0, 0.1) is 0 Å². The maximum atomic E-state index is 11.6. The molecule has 1 amide bonds. The number of rotatable bonds is 5. The van der Waals surface area contributed by atoms with E-state index in [-0.39, 0.29) is 5.91 Å². The van der Waals surface area contributed by atoms with Crippen LogP contribution in [0.25, 0.3) is 0 Å². The molecule has 0 unspecified atom stereocenters. The molecule has 0 spiro atoms. The van der Waals surface area contributed by atoms with Crippen LogP contribution in [0.4, 0.5) is 5.69 Å². The maximum absolute atomic E-state index is 11.6. The molecule has 2 aromatic carbocycles. The Kier molecular flexibility index (Phi) is 4.82. The van der Waals surface area contributed by atoms with Gasteiger partial charge in [-0.15, -0.1) is 0 Å². The normalized spacial score (nSPS) is 10.0. The van der Waals surface area contributed by atoms with Gasteiger partial charge in [-0.3, -0.25) is 4.79 Å². The highest BCUT2D eigenvalue weighted by Gasteiger charge is 2.08. The van der Waals surface area contributed by atoms with E-state index in [0.717, 1.165) is 11.4 Å². The van der Waals surface area contributed by atoms with Crippen molar-refractivity contribution < 1.29 is 14.3 Å². The van der Waals surface area contributed by atoms with Gasteiger partial charge in [0.1, 0.15) is 17.2 Å². The van der Waals surface area contributed by atoms with Crippen molar-refractivity contribution in [2.45, 2.75) is 13.3 Å². The van der Waals surface area contributed by atoms with Gasteiger partial charge in [0, 0.05) is 25.2 Å². The van der Waals surface area contributed by atoms with Crippen LogP contribution in [0.3, 0.4) is 0 Å². The lowest BCUT2D eigenvalue weighted by atomic mass is 10.2. The Bertz CT molecular complexity index is 608.